The minimum absolute atomic E-state index is 0.0364. The van der Waals surface area contributed by atoms with Crippen molar-refractivity contribution in [2.45, 2.75) is 38.6 Å². The number of halogens is 1. The monoisotopic (exact) mass is 597 g/mol. The van der Waals surface area contributed by atoms with E-state index in [2.05, 4.69) is 21.9 Å². The van der Waals surface area contributed by atoms with Crippen LogP contribution in [0.15, 0.2) is 73.7 Å². The number of nitrogens with one attached hydrogen (secondary N) is 1. The first-order chi connectivity index (χ1) is 21.3. The highest BCUT2D eigenvalue weighted by Crippen LogP contribution is 2.29. The van der Waals surface area contributed by atoms with E-state index in [9.17, 15) is 14.0 Å². The molecule has 2 aromatic heterocycles. The first-order valence-corrected chi connectivity index (χ1v) is 14.9. The van der Waals surface area contributed by atoms with Gasteiger partial charge in [0, 0.05) is 73.8 Å². The number of aromatic nitrogens is 3. The fraction of sp³-hybridized carbons (Fsp3) is 0.333. The number of benzene rings is 2. The van der Waals surface area contributed by atoms with Crippen molar-refractivity contribution in [3.8, 4) is 17.0 Å². The Morgan fingerprint density at radius 3 is 2.52 bits per heavy atom. The maximum Gasteiger partial charge on any atom is 0.254 e. The number of fused-ring (bicyclic) bond motifs is 1. The number of nitrogens with two attached hydrogens (primary N) is 1. The number of amides is 2. The lowest BCUT2D eigenvalue weighted by molar-refractivity contribution is -0.140. The molecule has 1 saturated carbocycles. The van der Waals surface area contributed by atoms with Crippen LogP contribution in [-0.2, 0) is 4.79 Å². The number of hydrogen-bond acceptors (Lipinski definition) is 7. The largest absolute Gasteiger partial charge is 0.460 e. The molecule has 2 aromatic carbocycles. The Kier molecular flexibility index (Phi) is 8.30. The number of alkyl halides is 1. The van der Waals surface area contributed by atoms with Crippen molar-refractivity contribution in [2.75, 3.05) is 31.5 Å². The molecule has 2 aliphatic rings. The van der Waals surface area contributed by atoms with E-state index < -0.39 is 6.36 Å². The number of anilines is 2. The molecule has 4 aromatic rings. The third-order valence-electron chi connectivity index (χ3n) is 8.32. The van der Waals surface area contributed by atoms with Crippen LogP contribution in [0.4, 0.5) is 15.9 Å². The van der Waals surface area contributed by atoms with Gasteiger partial charge in [-0.05, 0) is 67.8 Å². The molecule has 6 rings (SSSR count). The Hall–Kier alpha value is -4.77. The van der Waals surface area contributed by atoms with E-state index in [4.69, 9.17) is 10.5 Å². The first-order valence-electron chi connectivity index (χ1n) is 14.9. The lowest BCUT2D eigenvalue weighted by atomic mass is 9.80. The highest BCUT2D eigenvalue weighted by molar-refractivity contribution is 5.96. The van der Waals surface area contributed by atoms with Crippen LogP contribution < -0.4 is 15.8 Å². The van der Waals surface area contributed by atoms with E-state index in [0.29, 0.717) is 49.0 Å². The van der Waals surface area contributed by atoms with Gasteiger partial charge in [-0.2, -0.15) is 0 Å². The summed E-state index contributed by atoms with van der Waals surface area (Å²) in [5.74, 6) is 1.16. The van der Waals surface area contributed by atoms with E-state index in [1.807, 2.05) is 57.7 Å². The van der Waals surface area contributed by atoms with Crippen molar-refractivity contribution >= 4 is 29.0 Å². The summed E-state index contributed by atoms with van der Waals surface area (Å²) in [6, 6.07) is 12.9. The molecule has 11 heteroatoms. The van der Waals surface area contributed by atoms with Gasteiger partial charge in [-0.15, -0.1) is 6.58 Å². The standard InChI is InChI=1S/C33H36FN7O3/c1-3-4-29(34)44-26-8-5-22(6-9-26)28-20-37-31-30(36-11-12-41(28)31)38-25-7-10-27(21(2)17-25)33(43)40-15-13-39(14-16-40)32(42)23-18-24(35)19-23/h3,5-12,17,20,23-24,29H,1,4,13-16,18-19,35H2,2H3,(H,36,38). The maximum atomic E-state index is 13.8. The van der Waals surface area contributed by atoms with E-state index in [1.165, 1.54) is 6.08 Å². The molecule has 1 atom stereocenters. The Balaban J connectivity index is 1.11. The van der Waals surface area contributed by atoms with Crippen LogP contribution >= 0.6 is 0 Å². The predicted octanol–water partition coefficient (Wildman–Crippen LogP) is 4.72. The zero-order valence-corrected chi connectivity index (χ0v) is 24.7. The van der Waals surface area contributed by atoms with Crippen molar-refractivity contribution in [1.82, 2.24) is 24.2 Å². The van der Waals surface area contributed by atoms with Gasteiger partial charge in [-0.3, -0.25) is 14.0 Å². The molecule has 228 valence electrons. The van der Waals surface area contributed by atoms with Crippen molar-refractivity contribution in [1.29, 1.82) is 0 Å². The second-order valence-electron chi connectivity index (χ2n) is 11.4. The van der Waals surface area contributed by atoms with Crippen LogP contribution in [-0.4, -0.2) is 74.6 Å². The summed E-state index contributed by atoms with van der Waals surface area (Å²) in [6.07, 6.45) is 6.96. The fourth-order valence-electron chi connectivity index (χ4n) is 5.79. The van der Waals surface area contributed by atoms with Gasteiger partial charge in [0.05, 0.1) is 11.9 Å². The van der Waals surface area contributed by atoms with Gasteiger partial charge in [0.2, 0.25) is 12.3 Å². The summed E-state index contributed by atoms with van der Waals surface area (Å²) >= 11 is 0. The quantitative estimate of drug-likeness (QED) is 0.268. The molecule has 2 fully saturated rings. The lowest BCUT2D eigenvalue weighted by Crippen LogP contribution is -2.54. The number of carbonyl (C=O) groups excluding carboxylic acids is 2. The zero-order valence-electron chi connectivity index (χ0n) is 24.7. The van der Waals surface area contributed by atoms with Crippen LogP contribution in [0.3, 0.4) is 0 Å². The minimum atomic E-state index is -1.44. The molecule has 1 saturated heterocycles. The SMILES string of the molecule is C=CCC(F)Oc1ccc(-c2cnc3c(Nc4ccc(C(=O)N5CCN(C(=O)C6CC(N)C6)CC5)c(C)c4)nccn23)cc1. The molecule has 0 radical (unpaired) electrons. The summed E-state index contributed by atoms with van der Waals surface area (Å²) in [5, 5.41) is 3.34. The second-order valence-corrected chi connectivity index (χ2v) is 11.4. The molecule has 10 nitrogen and oxygen atoms in total. The van der Waals surface area contributed by atoms with Gasteiger partial charge in [0.1, 0.15) is 5.75 Å². The number of rotatable bonds is 9. The van der Waals surface area contributed by atoms with E-state index >= 15 is 0 Å². The minimum Gasteiger partial charge on any atom is -0.460 e. The summed E-state index contributed by atoms with van der Waals surface area (Å²) < 4.78 is 21.0. The van der Waals surface area contributed by atoms with Gasteiger partial charge in [0.25, 0.3) is 5.91 Å². The van der Waals surface area contributed by atoms with Gasteiger partial charge < -0.3 is 25.6 Å². The highest BCUT2D eigenvalue weighted by Gasteiger charge is 2.36. The number of aryl methyl sites for hydroxylation is 1. The number of carbonyl (C=O) groups is 2. The normalized spacial score (nSPS) is 18.9. The first kappa shape index (κ1) is 29.3. The Labute approximate surface area is 255 Å². The Bertz CT molecular complexity index is 1670. The van der Waals surface area contributed by atoms with Crippen LogP contribution in [0, 0.1) is 12.8 Å². The number of ether oxygens (including phenoxy) is 1. The molecule has 1 unspecified atom stereocenters. The Morgan fingerprint density at radius 1 is 1.11 bits per heavy atom. The summed E-state index contributed by atoms with van der Waals surface area (Å²) in [7, 11) is 0. The summed E-state index contributed by atoms with van der Waals surface area (Å²) in [6.45, 7) is 7.56. The van der Waals surface area contributed by atoms with E-state index in [1.54, 1.807) is 24.5 Å². The van der Waals surface area contributed by atoms with E-state index in [-0.39, 0.29) is 30.2 Å². The Morgan fingerprint density at radius 2 is 1.84 bits per heavy atom. The number of imidazole rings is 1. The molecule has 44 heavy (non-hydrogen) atoms. The molecular formula is C33H36FN7O3. The average molecular weight is 598 g/mol. The molecule has 0 bridgehead atoms. The summed E-state index contributed by atoms with van der Waals surface area (Å²) in [5.41, 5.74) is 10.5. The summed E-state index contributed by atoms with van der Waals surface area (Å²) in [4.78, 5) is 38.8. The van der Waals surface area contributed by atoms with Gasteiger partial charge in [-0.1, -0.05) is 6.08 Å². The van der Waals surface area contributed by atoms with Gasteiger partial charge in [0.15, 0.2) is 11.5 Å². The smallest absolute Gasteiger partial charge is 0.254 e. The molecule has 0 spiro atoms. The number of piperazine rings is 1. The zero-order chi connectivity index (χ0) is 30.8. The third kappa shape index (κ3) is 6.00. The van der Waals surface area contributed by atoms with Crippen LogP contribution in [0.5, 0.6) is 5.75 Å². The topological polar surface area (TPSA) is 118 Å². The van der Waals surface area contributed by atoms with Gasteiger partial charge >= 0.3 is 0 Å². The van der Waals surface area contributed by atoms with Crippen LogP contribution in [0.25, 0.3) is 16.9 Å². The maximum absolute atomic E-state index is 13.8. The highest BCUT2D eigenvalue weighted by atomic mass is 19.1. The molecule has 3 heterocycles. The van der Waals surface area contributed by atoms with E-state index in [0.717, 1.165) is 35.3 Å². The second kappa shape index (κ2) is 12.5. The lowest BCUT2D eigenvalue weighted by Gasteiger charge is -2.40. The fourth-order valence-corrected chi connectivity index (χ4v) is 5.79. The molecule has 1 aliphatic heterocycles. The van der Waals surface area contributed by atoms with Crippen molar-refractivity contribution < 1.29 is 18.7 Å². The van der Waals surface area contributed by atoms with Crippen LogP contribution in [0.1, 0.15) is 35.2 Å². The van der Waals surface area contributed by atoms with Crippen molar-refractivity contribution in [2.24, 2.45) is 11.7 Å². The predicted molar refractivity (Wildman–Crippen MR) is 166 cm³/mol. The van der Waals surface area contributed by atoms with Crippen molar-refractivity contribution in [3.05, 3.63) is 84.8 Å². The average Bonchev–Trinajstić information content (AvgIpc) is 3.45. The molecule has 2 amide bonds. The van der Waals surface area contributed by atoms with Gasteiger partial charge in [-0.25, -0.2) is 14.4 Å². The molecule has 3 N–H and O–H groups in total. The number of nitrogens with zero attached hydrogens (tertiary/aromatic N) is 5. The van der Waals surface area contributed by atoms with Crippen molar-refractivity contribution in [3.63, 3.8) is 0 Å². The molecule has 1 aliphatic carbocycles. The number of hydrogen-bond donors (Lipinski definition) is 2. The molecular weight excluding hydrogens is 561 g/mol. The third-order valence-corrected chi connectivity index (χ3v) is 8.32. The van der Waals surface area contributed by atoms with Crippen LogP contribution in [0.2, 0.25) is 0 Å².